The van der Waals surface area contributed by atoms with E-state index in [1.54, 1.807) is 0 Å². The first-order chi connectivity index (χ1) is 8.32. The molecule has 1 fully saturated rings. The summed E-state index contributed by atoms with van der Waals surface area (Å²) in [5.41, 5.74) is 0.867. The molecule has 1 aliphatic rings. The highest BCUT2D eigenvalue weighted by Gasteiger charge is 2.30. The summed E-state index contributed by atoms with van der Waals surface area (Å²) in [7, 11) is 0. The Labute approximate surface area is 113 Å². The van der Waals surface area contributed by atoms with Crippen LogP contribution in [0.25, 0.3) is 0 Å². The summed E-state index contributed by atoms with van der Waals surface area (Å²) in [6.07, 6.45) is 0.949. The summed E-state index contributed by atoms with van der Waals surface area (Å²) in [4.78, 5) is 19.0. The van der Waals surface area contributed by atoms with Gasteiger partial charge in [0.25, 0.3) is 0 Å². The van der Waals surface area contributed by atoms with Gasteiger partial charge in [-0.3, -0.25) is 4.79 Å². The Morgan fingerprint density at radius 2 is 1.83 bits per heavy atom. The van der Waals surface area contributed by atoms with E-state index in [0.29, 0.717) is 11.8 Å². The normalized spacial score (nSPS) is 24.6. The molecule has 0 saturated carbocycles. The zero-order valence-electron chi connectivity index (χ0n) is 11.9. The number of aldehydes is 1. The lowest BCUT2D eigenvalue weighted by atomic mass is 9.91. The number of rotatable bonds is 2. The molecule has 0 bridgehead atoms. The molecule has 2 atom stereocenters. The highest BCUT2D eigenvalue weighted by atomic mass is 32.1. The van der Waals surface area contributed by atoms with Gasteiger partial charge in [0.2, 0.25) is 0 Å². The Balaban J connectivity index is 2.31. The van der Waals surface area contributed by atoms with Gasteiger partial charge in [-0.1, -0.05) is 46.0 Å². The average Bonchev–Trinajstić information content (AvgIpc) is 2.82. The third kappa shape index (κ3) is 2.44. The summed E-state index contributed by atoms with van der Waals surface area (Å²) in [5, 5.41) is 1.01. The van der Waals surface area contributed by atoms with Gasteiger partial charge in [0.1, 0.15) is 0 Å². The van der Waals surface area contributed by atoms with Crippen LogP contribution < -0.4 is 4.90 Å². The molecule has 100 valence electrons. The second kappa shape index (κ2) is 4.65. The van der Waals surface area contributed by atoms with Gasteiger partial charge in [-0.05, 0) is 11.8 Å². The Morgan fingerprint density at radius 1 is 1.28 bits per heavy atom. The predicted molar refractivity (Wildman–Crippen MR) is 76.7 cm³/mol. The summed E-state index contributed by atoms with van der Waals surface area (Å²) in [6.45, 7) is 13.0. The van der Waals surface area contributed by atoms with Crippen LogP contribution in [0.1, 0.15) is 50.0 Å². The highest BCUT2D eigenvalue weighted by molar-refractivity contribution is 7.17. The van der Waals surface area contributed by atoms with Crippen molar-refractivity contribution in [2.75, 3.05) is 18.0 Å². The van der Waals surface area contributed by atoms with E-state index in [-0.39, 0.29) is 5.41 Å². The molecule has 0 aromatic carbocycles. The molecule has 1 aromatic rings. The van der Waals surface area contributed by atoms with Crippen LogP contribution in [0.4, 0.5) is 5.13 Å². The quantitative estimate of drug-likeness (QED) is 0.770. The van der Waals surface area contributed by atoms with Crippen molar-refractivity contribution in [3.63, 3.8) is 0 Å². The van der Waals surface area contributed by atoms with Crippen LogP contribution in [0, 0.1) is 11.8 Å². The van der Waals surface area contributed by atoms with Crippen LogP contribution in [-0.2, 0) is 5.41 Å². The lowest BCUT2D eigenvalue weighted by Crippen LogP contribution is -2.20. The average molecular weight is 266 g/mol. The molecule has 0 N–H and O–H groups in total. The molecule has 2 unspecified atom stereocenters. The van der Waals surface area contributed by atoms with Gasteiger partial charge in [-0.25, -0.2) is 4.98 Å². The SMILES string of the molecule is CC1CN(c2nc(C(C)(C)C)c(C=O)s2)CC1C. The molecule has 1 aromatic heterocycles. The largest absolute Gasteiger partial charge is 0.348 e. The second-order valence-corrected chi connectivity index (χ2v) is 7.45. The molecule has 0 spiro atoms. The fourth-order valence-corrected chi connectivity index (χ4v) is 3.47. The highest BCUT2D eigenvalue weighted by Crippen LogP contribution is 2.35. The van der Waals surface area contributed by atoms with E-state index < -0.39 is 0 Å². The van der Waals surface area contributed by atoms with E-state index in [1.165, 1.54) is 11.3 Å². The van der Waals surface area contributed by atoms with Crippen LogP contribution in [0.2, 0.25) is 0 Å². The predicted octanol–water partition coefficient (Wildman–Crippen LogP) is 3.35. The number of hydrogen-bond donors (Lipinski definition) is 0. The van der Waals surface area contributed by atoms with E-state index >= 15 is 0 Å². The number of thiazole rings is 1. The lowest BCUT2D eigenvalue weighted by molar-refractivity contribution is 0.112. The van der Waals surface area contributed by atoms with Gasteiger partial charge in [-0.2, -0.15) is 0 Å². The molecular weight excluding hydrogens is 244 g/mol. The van der Waals surface area contributed by atoms with Crippen LogP contribution in [0.15, 0.2) is 0 Å². The number of carbonyl (C=O) groups excluding carboxylic acids is 1. The molecule has 18 heavy (non-hydrogen) atoms. The molecule has 0 aliphatic carbocycles. The first kappa shape index (κ1) is 13.5. The maximum Gasteiger partial charge on any atom is 0.186 e. The van der Waals surface area contributed by atoms with Crippen LogP contribution in [0.3, 0.4) is 0 Å². The molecule has 2 rings (SSSR count). The maximum atomic E-state index is 11.2. The molecular formula is C14H22N2OS. The zero-order valence-corrected chi connectivity index (χ0v) is 12.7. The van der Waals surface area contributed by atoms with Crippen LogP contribution >= 0.6 is 11.3 Å². The first-order valence-corrected chi connectivity index (χ1v) is 7.36. The summed E-state index contributed by atoms with van der Waals surface area (Å²) in [6, 6.07) is 0. The fraction of sp³-hybridized carbons (Fsp3) is 0.714. The second-order valence-electron chi connectivity index (χ2n) is 6.44. The van der Waals surface area contributed by atoms with Gasteiger partial charge in [0.15, 0.2) is 11.4 Å². The topological polar surface area (TPSA) is 33.2 Å². The van der Waals surface area contributed by atoms with E-state index in [4.69, 9.17) is 4.98 Å². The molecule has 1 saturated heterocycles. The van der Waals surface area contributed by atoms with Gasteiger partial charge >= 0.3 is 0 Å². The van der Waals surface area contributed by atoms with Crippen LogP contribution in [0.5, 0.6) is 0 Å². The van der Waals surface area contributed by atoms with Crippen LogP contribution in [-0.4, -0.2) is 24.4 Å². The number of anilines is 1. The maximum absolute atomic E-state index is 11.2. The van der Waals surface area contributed by atoms with Crippen molar-refractivity contribution in [3.8, 4) is 0 Å². The van der Waals surface area contributed by atoms with Crippen molar-refractivity contribution >= 4 is 22.8 Å². The minimum atomic E-state index is -0.0675. The third-order valence-corrected chi connectivity index (χ3v) is 4.76. The van der Waals surface area contributed by atoms with E-state index in [1.807, 2.05) is 0 Å². The Hall–Kier alpha value is -0.900. The Bertz CT molecular complexity index is 437. The van der Waals surface area contributed by atoms with Gasteiger partial charge in [0, 0.05) is 18.5 Å². The van der Waals surface area contributed by atoms with Crippen molar-refractivity contribution in [2.45, 2.75) is 40.0 Å². The van der Waals surface area contributed by atoms with Crippen molar-refractivity contribution in [3.05, 3.63) is 10.6 Å². The first-order valence-electron chi connectivity index (χ1n) is 6.54. The molecule has 0 amide bonds. The lowest BCUT2D eigenvalue weighted by Gasteiger charge is -2.17. The van der Waals surface area contributed by atoms with Crippen molar-refractivity contribution < 1.29 is 4.79 Å². The third-order valence-electron chi connectivity index (χ3n) is 3.72. The van der Waals surface area contributed by atoms with E-state index in [2.05, 4.69) is 39.5 Å². The van der Waals surface area contributed by atoms with Gasteiger partial charge < -0.3 is 4.90 Å². The van der Waals surface area contributed by atoms with Gasteiger partial charge in [0.05, 0.1) is 10.6 Å². The number of carbonyl (C=O) groups is 1. The number of aromatic nitrogens is 1. The smallest absolute Gasteiger partial charge is 0.186 e. The van der Waals surface area contributed by atoms with Gasteiger partial charge in [-0.15, -0.1) is 0 Å². The summed E-state index contributed by atoms with van der Waals surface area (Å²) >= 11 is 1.53. The minimum Gasteiger partial charge on any atom is -0.348 e. The number of nitrogens with zero attached hydrogens (tertiary/aromatic N) is 2. The van der Waals surface area contributed by atoms with Crippen molar-refractivity contribution in [1.82, 2.24) is 4.98 Å². The van der Waals surface area contributed by atoms with E-state index in [0.717, 1.165) is 35.1 Å². The zero-order chi connectivity index (χ0) is 13.5. The molecule has 3 nitrogen and oxygen atoms in total. The molecule has 4 heteroatoms. The fourth-order valence-electron chi connectivity index (χ4n) is 2.36. The Morgan fingerprint density at radius 3 is 2.22 bits per heavy atom. The molecule has 2 heterocycles. The molecule has 1 aliphatic heterocycles. The summed E-state index contributed by atoms with van der Waals surface area (Å²) in [5.74, 6) is 1.40. The standard InChI is InChI=1S/C14H22N2OS/c1-9-6-16(7-10(9)2)13-15-12(14(3,4)5)11(8-17)18-13/h8-10H,6-7H2,1-5H3. The Kier molecular flexibility index (Phi) is 3.49. The molecule has 0 radical (unpaired) electrons. The van der Waals surface area contributed by atoms with E-state index in [9.17, 15) is 4.79 Å². The minimum absolute atomic E-state index is 0.0675. The summed E-state index contributed by atoms with van der Waals surface area (Å²) < 4.78 is 0. The van der Waals surface area contributed by atoms with Crippen molar-refractivity contribution in [1.29, 1.82) is 0 Å². The monoisotopic (exact) mass is 266 g/mol. The number of hydrogen-bond acceptors (Lipinski definition) is 4. The van der Waals surface area contributed by atoms with Crippen molar-refractivity contribution in [2.24, 2.45) is 11.8 Å².